The SMILES string of the molecule is NN(CCCCO)c1nc2ccccc2o1. The lowest BCUT2D eigenvalue weighted by molar-refractivity contribution is 0.284. The predicted octanol–water partition coefficient (Wildman–Crippen LogP) is 1.28. The first-order valence-corrected chi connectivity index (χ1v) is 5.30. The Morgan fingerprint density at radius 2 is 2.12 bits per heavy atom. The summed E-state index contributed by atoms with van der Waals surface area (Å²) in [6.07, 6.45) is 1.54. The Labute approximate surface area is 93.5 Å². The van der Waals surface area contributed by atoms with Gasteiger partial charge in [-0.15, -0.1) is 0 Å². The third-order valence-corrected chi connectivity index (χ3v) is 2.34. The van der Waals surface area contributed by atoms with Gasteiger partial charge in [-0.25, -0.2) is 5.84 Å². The van der Waals surface area contributed by atoms with Crippen LogP contribution in [0.2, 0.25) is 0 Å². The second kappa shape index (κ2) is 4.96. The van der Waals surface area contributed by atoms with Crippen molar-refractivity contribution in [2.75, 3.05) is 18.2 Å². The maximum atomic E-state index is 8.67. The molecule has 1 heterocycles. The Morgan fingerprint density at radius 3 is 2.88 bits per heavy atom. The minimum Gasteiger partial charge on any atom is -0.422 e. The van der Waals surface area contributed by atoms with Gasteiger partial charge in [0.1, 0.15) is 5.52 Å². The molecule has 2 rings (SSSR count). The van der Waals surface area contributed by atoms with E-state index in [4.69, 9.17) is 15.4 Å². The summed E-state index contributed by atoms with van der Waals surface area (Å²) >= 11 is 0. The predicted molar refractivity (Wildman–Crippen MR) is 61.9 cm³/mol. The highest BCUT2D eigenvalue weighted by Gasteiger charge is 2.09. The number of aliphatic hydroxyl groups is 1. The number of hydrogen-bond acceptors (Lipinski definition) is 5. The Morgan fingerprint density at radius 1 is 1.31 bits per heavy atom. The molecule has 0 aliphatic heterocycles. The van der Waals surface area contributed by atoms with Crippen LogP contribution in [0.3, 0.4) is 0 Å². The molecule has 0 saturated carbocycles. The van der Waals surface area contributed by atoms with E-state index in [1.807, 2.05) is 24.3 Å². The number of hydrazine groups is 1. The number of aromatic nitrogens is 1. The fourth-order valence-corrected chi connectivity index (χ4v) is 1.47. The highest BCUT2D eigenvalue weighted by Crippen LogP contribution is 2.19. The molecular weight excluding hydrogens is 206 g/mol. The number of para-hydroxylation sites is 2. The fraction of sp³-hybridized carbons (Fsp3) is 0.364. The quantitative estimate of drug-likeness (QED) is 0.452. The molecule has 86 valence electrons. The molecule has 0 spiro atoms. The first-order valence-electron chi connectivity index (χ1n) is 5.30. The van der Waals surface area contributed by atoms with Crippen molar-refractivity contribution < 1.29 is 9.52 Å². The lowest BCUT2D eigenvalue weighted by Crippen LogP contribution is -2.32. The molecule has 0 atom stereocenters. The summed E-state index contributed by atoms with van der Waals surface area (Å²) in [6.45, 7) is 0.800. The van der Waals surface area contributed by atoms with Crippen molar-refractivity contribution in [2.45, 2.75) is 12.8 Å². The smallest absolute Gasteiger partial charge is 0.313 e. The van der Waals surface area contributed by atoms with E-state index in [1.54, 1.807) is 0 Å². The molecule has 0 radical (unpaired) electrons. The Bertz CT molecular complexity index is 422. The summed E-state index contributed by atoms with van der Waals surface area (Å²) in [5.74, 6) is 5.80. The summed E-state index contributed by atoms with van der Waals surface area (Å²) < 4.78 is 5.49. The second-order valence-electron chi connectivity index (χ2n) is 3.59. The van der Waals surface area contributed by atoms with Gasteiger partial charge in [0, 0.05) is 13.2 Å². The van der Waals surface area contributed by atoms with Crippen molar-refractivity contribution in [3.05, 3.63) is 24.3 Å². The van der Waals surface area contributed by atoms with E-state index < -0.39 is 0 Å². The third-order valence-electron chi connectivity index (χ3n) is 2.34. The zero-order chi connectivity index (χ0) is 11.4. The van der Waals surface area contributed by atoms with Crippen molar-refractivity contribution in [3.63, 3.8) is 0 Å². The molecule has 2 aromatic rings. The van der Waals surface area contributed by atoms with Crippen molar-refractivity contribution in [1.82, 2.24) is 4.98 Å². The first kappa shape index (κ1) is 10.9. The number of nitrogens with two attached hydrogens (primary N) is 1. The number of benzene rings is 1. The molecule has 0 bridgehead atoms. The zero-order valence-electron chi connectivity index (χ0n) is 8.97. The van der Waals surface area contributed by atoms with Gasteiger partial charge in [-0.3, -0.25) is 5.01 Å². The monoisotopic (exact) mass is 221 g/mol. The highest BCUT2D eigenvalue weighted by molar-refractivity contribution is 5.74. The van der Waals surface area contributed by atoms with Crippen LogP contribution in [0.25, 0.3) is 11.1 Å². The second-order valence-corrected chi connectivity index (χ2v) is 3.59. The molecule has 0 aliphatic carbocycles. The molecule has 5 heteroatoms. The summed E-state index contributed by atoms with van der Waals surface area (Å²) in [6, 6.07) is 7.95. The zero-order valence-corrected chi connectivity index (χ0v) is 8.97. The molecule has 3 N–H and O–H groups in total. The first-order chi connectivity index (χ1) is 7.81. The van der Waals surface area contributed by atoms with Crippen LogP contribution in [-0.2, 0) is 0 Å². The van der Waals surface area contributed by atoms with Crippen molar-refractivity contribution in [1.29, 1.82) is 0 Å². The average molecular weight is 221 g/mol. The summed E-state index contributed by atoms with van der Waals surface area (Å²) in [5, 5.41) is 10.1. The number of nitrogens with zero attached hydrogens (tertiary/aromatic N) is 2. The van der Waals surface area contributed by atoms with Gasteiger partial charge < -0.3 is 9.52 Å². The normalized spacial score (nSPS) is 10.9. The fourth-order valence-electron chi connectivity index (χ4n) is 1.47. The molecule has 1 aromatic carbocycles. The van der Waals surface area contributed by atoms with Crippen LogP contribution in [0.15, 0.2) is 28.7 Å². The number of fused-ring (bicyclic) bond motifs is 1. The maximum absolute atomic E-state index is 8.67. The standard InChI is InChI=1S/C11H15N3O2/c12-14(7-3-4-8-15)11-13-9-5-1-2-6-10(9)16-11/h1-2,5-6,15H,3-4,7-8,12H2. The maximum Gasteiger partial charge on any atom is 0.313 e. The van der Waals surface area contributed by atoms with Crippen LogP contribution in [0, 0.1) is 0 Å². The minimum atomic E-state index is 0.182. The van der Waals surface area contributed by atoms with Crippen LogP contribution in [0.5, 0.6) is 0 Å². The van der Waals surface area contributed by atoms with Crippen LogP contribution in [0.4, 0.5) is 6.01 Å². The molecule has 0 unspecified atom stereocenters. The van der Waals surface area contributed by atoms with Gasteiger partial charge in [-0.05, 0) is 25.0 Å². The van der Waals surface area contributed by atoms with Crippen molar-refractivity contribution in [2.24, 2.45) is 5.84 Å². The largest absolute Gasteiger partial charge is 0.422 e. The average Bonchev–Trinajstić information content (AvgIpc) is 2.73. The Kier molecular flexibility index (Phi) is 3.38. The number of hydrogen-bond donors (Lipinski definition) is 2. The van der Waals surface area contributed by atoms with Gasteiger partial charge in [0.25, 0.3) is 0 Å². The van der Waals surface area contributed by atoms with E-state index >= 15 is 0 Å². The molecule has 5 nitrogen and oxygen atoms in total. The van der Waals surface area contributed by atoms with Gasteiger partial charge >= 0.3 is 6.01 Å². The number of aliphatic hydroxyl groups excluding tert-OH is 1. The molecule has 0 fully saturated rings. The van der Waals surface area contributed by atoms with Crippen LogP contribution in [0.1, 0.15) is 12.8 Å². The topological polar surface area (TPSA) is 75.5 Å². The lowest BCUT2D eigenvalue weighted by atomic mass is 10.3. The van der Waals surface area contributed by atoms with Gasteiger partial charge in [0.05, 0.1) is 0 Å². The molecule has 16 heavy (non-hydrogen) atoms. The van der Waals surface area contributed by atoms with E-state index in [0.29, 0.717) is 12.6 Å². The number of anilines is 1. The van der Waals surface area contributed by atoms with Crippen LogP contribution in [-0.4, -0.2) is 23.2 Å². The summed E-state index contributed by atoms with van der Waals surface area (Å²) in [7, 11) is 0. The molecule has 1 aromatic heterocycles. The van der Waals surface area contributed by atoms with Crippen molar-refractivity contribution >= 4 is 17.1 Å². The number of rotatable bonds is 5. The van der Waals surface area contributed by atoms with E-state index in [2.05, 4.69) is 4.98 Å². The van der Waals surface area contributed by atoms with Crippen LogP contribution >= 0.6 is 0 Å². The van der Waals surface area contributed by atoms with E-state index in [0.717, 1.165) is 23.9 Å². The Balaban J connectivity index is 2.07. The molecular formula is C11H15N3O2. The molecule has 0 saturated heterocycles. The summed E-state index contributed by atoms with van der Waals surface area (Å²) in [4.78, 5) is 4.26. The minimum absolute atomic E-state index is 0.182. The van der Waals surface area contributed by atoms with Gasteiger partial charge in [-0.2, -0.15) is 4.98 Å². The Hall–Kier alpha value is -1.59. The lowest BCUT2D eigenvalue weighted by Gasteiger charge is -2.12. The van der Waals surface area contributed by atoms with Gasteiger partial charge in [0.15, 0.2) is 5.58 Å². The number of unbranched alkanes of at least 4 members (excludes halogenated alkanes) is 1. The third kappa shape index (κ3) is 2.32. The van der Waals surface area contributed by atoms with Gasteiger partial charge in [0.2, 0.25) is 0 Å². The number of oxazole rings is 1. The van der Waals surface area contributed by atoms with Gasteiger partial charge in [-0.1, -0.05) is 12.1 Å². The highest BCUT2D eigenvalue weighted by atomic mass is 16.4. The molecule has 0 amide bonds. The summed E-state index contributed by atoms with van der Waals surface area (Å²) in [5.41, 5.74) is 1.53. The molecule has 0 aliphatic rings. The van der Waals surface area contributed by atoms with Crippen molar-refractivity contribution in [3.8, 4) is 0 Å². The van der Waals surface area contributed by atoms with E-state index in [1.165, 1.54) is 5.01 Å². The van der Waals surface area contributed by atoms with Crippen LogP contribution < -0.4 is 10.9 Å². The van der Waals surface area contributed by atoms with E-state index in [-0.39, 0.29) is 6.61 Å². The van der Waals surface area contributed by atoms with E-state index in [9.17, 15) is 0 Å².